The van der Waals surface area contributed by atoms with Crippen LogP contribution in [0.4, 0.5) is 0 Å². The van der Waals surface area contributed by atoms with Gasteiger partial charge in [0.2, 0.25) is 9.84 Å². The first-order valence-corrected chi connectivity index (χ1v) is 8.81. The van der Waals surface area contributed by atoms with E-state index in [1.54, 1.807) is 52.0 Å². The second-order valence-electron chi connectivity index (χ2n) is 6.68. The van der Waals surface area contributed by atoms with E-state index < -0.39 is 21.0 Å². The molecule has 4 nitrogen and oxygen atoms in total. The number of aliphatic hydroxyl groups is 2. The molecule has 0 aromatic heterocycles. The fourth-order valence-electron chi connectivity index (χ4n) is 2.22. The van der Waals surface area contributed by atoms with Crippen molar-refractivity contribution in [3.05, 3.63) is 59.7 Å². The maximum Gasteiger partial charge on any atom is 0.206 e. The first kappa shape index (κ1) is 17.7. The van der Waals surface area contributed by atoms with Gasteiger partial charge < -0.3 is 10.2 Å². The maximum absolute atomic E-state index is 12.8. The molecule has 0 fully saturated rings. The standard InChI is InChI=1S/C18H22O4S/c1-17(2,19)13-7-5-9-15(11-13)23(21,22)16-10-6-8-14(12-16)18(3,4)20/h5-12,19-20H,1-4H3. The molecule has 23 heavy (non-hydrogen) atoms. The Labute approximate surface area is 137 Å². The molecule has 0 aliphatic rings. The van der Waals surface area contributed by atoms with Crippen LogP contribution in [0, 0.1) is 0 Å². The average Bonchev–Trinajstić information content (AvgIpc) is 2.46. The van der Waals surface area contributed by atoms with Crippen molar-refractivity contribution in [2.45, 2.75) is 48.7 Å². The zero-order valence-electron chi connectivity index (χ0n) is 13.7. The Morgan fingerprint density at radius 3 is 1.39 bits per heavy atom. The highest BCUT2D eigenvalue weighted by molar-refractivity contribution is 7.91. The lowest BCUT2D eigenvalue weighted by atomic mass is 9.99. The molecule has 0 bridgehead atoms. The lowest BCUT2D eigenvalue weighted by Crippen LogP contribution is -2.17. The Kier molecular flexibility index (Phi) is 4.41. The normalized spacial score (nSPS) is 13.1. The van der Waals surface area contributed by atoms with Gasteiger partial charge in [-0.2, -0.15) is 0 Å². The number of hydrogen-bond donors (Lipinski definition) is 2. The van der Waals surface area contributed by atoms with Gasteiger partial charge in [0.05, 0.1) is 21.0 Å². The fraction of sp³-hybridized carbons (Fsp3) is 0.333. The summed E-state index contributed by atoms with van der Waals surface area (Å²) >= 11 is 0. The molecule has 2 N–H and O–H groups in total. The van der Waals surface area contributed by atoms with Gasteiger partial charge in [-0.15, -0.1) is 0 Å². The minimum atomic E-state index is -3.73. The van der Waals surface area contributed by atoms with Crippen molar-refractivity contribution in [1.29, 1.82) is 0 Å². The van der Waals surface area contributed by atoms with Crippen molar-refractivity contribution in [3.8, 4) is 0 Å². The van der Waals surface area contributed by atoms with E-state index in [4.69, 9.17) is 0 Å². The summed E-state index contributed by atoms with van der Waals surface area (Å²) in [6, 6.07) is 12.6. The van der Waals surface area contributed by atoms with Crippen molar-refractivity contribution in [1.82, 2.24) is 0 Å². The molecule has 0 saturated carbocycles. The van der Waals surface area contributed by atoms with Crippen LogP contribution in [0.15, 0.2) is 58.3 Å². The number of benzene rings is 2. The third-order valence-corrected chi connectivity index (χ3v) is 5.45. The second-order valence-corrected chi connectivity index (χ2v) is 8.63. The van der Waals surface area contributed by atoms with E-state index in [0.717, 1.165) is 0 Å². The number of rotatable bonds is 4. The van der Waals surface area contributed by atoms with E-state index in [1.165, 1.54) is 24.3 Å². The molecule has 5 heteroatoms. The summed E-state index contributed by atoms with van der Waals surface area (Å²) in [6.45, 7) is 6.42. The van der Waals surface area contributed by atoms with Gasteiger partial charge in [0.25, 0.3) is 0 Å². The maximum atomic E-state index is 12.8. The zero-order chi connectivity index (χ0) is 17.5. The molecule has 0 aliphatic carbocycles. The number of sulfone groups is 1. The minimum Gasteiger partial charge on any atom is -0.386 e. The van der Waals surface area contributed by atoms with E-state index in [2.05, 4.69) is 0 Å². The van der Waals surface area contributed by atoms with Crippen molar-refractivity contribution in [3.63, 3.8) is 0 Å². The molecule has 0 heterocycles. The SMILES string of the molecule is CC(C)(O)c1cccc(S(=O)(=O)c2cccc(C(C)(C)O)c2)c1. The predicted molar refractivity (Wildman–Crippen MR) is 88.8 cm³/mol. The summed E-state index contributed by atoms with van der Waals surface area (Å²) in [6.07, 6.45) is 0. The minimum absolute atomic E-state index is 0.116. The molecule has 2 rings (SSSR count). The Bertz CT molecular complexity index is 746. The van der Waals surface area contributed by atoms with Gasteiger partial charge in [0.15, 0.2) is 0 Å². The van der Waals surface area contributed by atoms with E-state index >= 15 is 0 Å². The first-order valence-electron chi connectivity index (χ1n) is 7.33. The van der Waals surface area contributed by atoms with E-state index in [-0.39, 0.29) is 9.79 Å². The summed E-state index contributed by atoms with van der Waals surface area (Å²) < 4.78 is 25.7. The lowest BCUT2D eigenvalue weighted by molar-refractivity contribution is 0.0778. The Balaban J connectivity index is 2.56. The monoisotopic (exact) mass is 334 g/mol. The van der Waals surface area contributed by atoms with Gasteiger partial charge in [-0.1, -0.05) is 24.3 Å². The summed E-state index contributed by atoms with van der Waals surface area (Å²) in [5, 5.41) is 20.1. The first-order chi connectivity index (χ1) is 10.4. The van der Waals surface area contributed by atoms with Crippen LogP contribution >= 0.6 is 0 Å². The topological polar surface area (TPSA) is 74.6 Å². The quantitative estimate of drug-likeness (QED) is 0.901. The number of hydrogen-bond acceptors (Lipinski definition) is 4. The van der Waals surface area contributed by atoms with Crippen LogP contribution in [0.5, 0.6) is 0 Å². The molecule has 0 aliphatic heterocycles. The summed E-state index contributed by atoms with van der Waals surface area (Å²) in [4.78, 5) is 0.232. The molecule has 2 aromatic rings. The van der Waals surface area contributed by atoms with Crippen LogP contribution in [-0.4, -0.2) is 18.6 Å². The largest absolute Gasteiger partial charge is 0.386 e. The predicted octanol–water partition coefficient (Wildman–Crippen LogP) is 2.97. The van der Waals surface area contributed by atoms with Crippen molar-refractivity contribution >= 4 is 9.84 Å². The van der Waals surface area contributed by atoms with Crippen molar-refractivity contribution < 1.29 is 18.6 Å². The van der Waals surface area contributed by atoms with Crippen LogP contribution in [-0.2, 0) is 21.0 Å². The van der Waals surface area contributed by atoms with E-state index in [9.17, 15) is 18.6 Å². The molecule has 124 valence electrons. The smallest absolute Gasteiger partial charge is 0.206 e. The third-order valence-electron chi connectivity index (χ3n) is 3.70. The highest BCUT2D eigenvalue weighted by Gasteiger charge is 2.24. The van der Waals surface area contributed by atoms with Crippen LogP contribution < -0.4 is 0 Å². The molecule has 0 spiro atoms. The fourth-order valence-corrected chi connectivity index (χ4v) is 3.58. The second kappa shape index (κ2) is 5.74. The van der Waals surface area contributed by atoms with Crippen molar-refractivity contribution in [2.24, 2.45) is 0 Å². The van der Waals surface area contributed by atoms with Crippen LogP contribution in [0.2, 0.25) is 0 Å². The van der Waals surface area contributed by atoms with Gasteiger partial charge in [-0.05, 0) is 63.1 Å². The van der Waals surface area contributed by atoms with Gasteiger partial charge in [-0.3, -0.25) is 0 Å². The Morgan fingerprint density at radius 1 is 0.739 bits per heavy atom. The zero-order valence-corrected chi connectivity index (χ0v) is 14.6. The summed E-state index contributed by atoms with van der Waals surface area (Å²) in [5.41, 5.74) is -1.20. The molecule has 0 atom stereocenters. The highest BCUT2D eigenvalue weighted by Crippen LogP contribution is 2.28. The van der Waals surface area contributed by atoms with E-state index in [0.29, 0.717) is 11.1 Å². The Morgan fingerprint density at radius 2 is 1.09 bits per heavy atom. The molecular formula is C18H22O4S. The molecule has 2 aromatic carbocycles. The molecule has 0 saturated heterocycles. The summed E-state index contributed by atoms with van der Waals surface area (Å²) in [7, 11) is -3.73. The molecule has 0 amide bonds. The van der Waals surface area contributed by atoms with Gasteiger partial charge in [-0.25, -0.2) is 8.42 Å². The van der Waals surface area contributed by atoms with Crippen LogP contribution in [0.3, 0.4) is 0 Å². The molecule has 0 radical (unpaired) electrons. The van der Waals surface area contributed by atoms with Crippen molar-refractivity contribution in [2.75, 3.05) is 0 Å². The van der Waals surface area contributed by atoms with Gasteiger partial charge in [0.1, 0.15) is 0 Å². The average molecular weight is 334 g/mol. The lowest BCUT2D eigenvalue weighted by Gasteiger charge is -2.20. The highest BCUT2D eigenvalue weighted by atomic mass is 32.2. The summed E-state index contributed by atoms with van der Waals surface area (Å²) in [5.74, 6) is 0. The van der Waals surface area contributed by atoms with E-state index in [1.807, 2.05) is 0 Å². The molecular weight excluding hydrogens is 312 g/mol. The van der Waals surface area contributed by atoms with Gasteiger partial charge >= 0.3 is 0 Å². The van der Waals surface area contributed by atoms with Crippen LogP contribution in [0.1, 0.15) is 38.8 Å². The Hall–Kier alpha value is -1.69. The molecule has 0 unspecified atom stereocenters. The third kappa shape index (κ3) is 3.80. The van der Waals surface area contributed by atoms with Crippen LogP contribution in [0.25, 0.3) is 0 Å². The van der Waals surface area contributed by atoms with Gasteiger partial charge in [0, 0.05) is 0 Å².